The van der Waals surface area contributed by atoms with E-state index in [1.54, 1.807) is 21.6 Å². The summed E-state index contributed by atoms with van der Waals surface area (Å²) in [5, 5.41) is 24.2. The van der Waals surface area contributed by atoms with Crippen LogP contribution in [-0.2, 0) is 73.2 Å². The number of sulfone groups is 1. The number of nitro benzene ring substituents is 1. The summed E-state index contributed by atoms with van der Waals surface area (Å²) in [6, 6.07) is 20.5. The average molecular weight is 1590 g/mol. The van der Waals surface area contributed by atoms with Crippen molar-refractivity contribution in [1.29, 1.82) is 0 Å². The standard InChI is InChI=1S/C15H10ClF3N2O6S.C15H22ClNO2.C15H12F3NO4S.C11H11Cl2NO2.C3H8NO5P.C3H9S/c1-28(25,26)20-14(22)10-7-9(3-4-12(10)21(23)24)27-13-5-2-8(6-11(13)16)15(17,18)19;1-5-13-8-6-7-11(2)15(13)17(14(18)9-16)12(3)10-19-4;1-24(21,22)12-6-9(15(16,17)18)4-5-10(12)13(20)11-7-19-23-14(11)8-2-3-8;1-7-6-16-9-5-3-2-4-8(9)14(7)11(15)10(12)13;5-3(6)1-4-2-10(7,8)9;1-4(2)3/h2-7H,1H3,(H,20,22);6-8,12H,5,9-10H2,1-4H3;4-8H,2-3H2,1H3;2-5,7,10H,6H2,1H3;4H,1-2H2,(H,5,6)(H2,7,8,9);1-3H3/q;;;;;+1/p-1. The highest BCUT2D eigenvalue weighted by molar-refractivity contribution is 7.94. The fourth-order valence-corrected chi connectivity index (χ4v) is 11.1. The highest BCUT2D eigenvalue weighted by atomic mass is 35.5. The van der Waals surface area contributed by atoms with Crippen LogP contribution in [0.1, 0.15) is 93.8 Å². The summed E-state index contributed by atoms with van der Waals surface area (Å²) in [7, 11) is -10.1. The van der Waals surface area contributed by atoms with Crippen molar-refractivity contribution >= 4 is 131 Å². The molecule has 3 atom stereocenters. The number of carbonyl (C=O) groups is 5. The molecule has 0 radical (unpaired) electrons. The molecule has 1 saturated carbocycles. The molecule has 3 unspecified atom stereocenters. The van der Waals surface area contributed by atoms with Crippen LogP contribution in [0.3, 0.4) is 0 Å². The van der Waals surface area contributed by atoms with Gasteiger partial charge in [-0.05, 0) is 117 Å². The number of ketones is 1. The van der Waals surface area contributed by atoms with Crippen molar-refractivity contribution in [2.24, 2.45) is 0 Å². The number of carbonyl (C=O) groups excluding carboxylic acids is 4. The van der Waals surface area contributed by atoms with Crippen molar-refractivity contribution in [3.63, 3.8) is 0 Å². The lowest BCUT2D eigenvalue weighted by molar-refractivity contribution is -0.385. The van der Waals surface area contributed by atoms with Gasteiger partial charge in [0.15, 0.2) is 26.2 Å². The van der Waals surface area contributed by atoms with Gasteiger partial charge < -0.3 is 48.0 Å². The largest absolute Gasteiger partial charge is 0.778 e. The Morgan fingerprint density at radius 3 is 2.00 bits per heavy atom. The van der Waals surface area contributed by atoms with Crippen LogP contribution in [-0.4, -0.2) is 154 Å². The van der Waals surface area contributed by atoms with Gasteiger partial charge in [-0.2, -0.15) is 26.3 Å². The minimum Gasteiger partial charge on any atom is -0.778 e. The molecular formula is C62H71Cl4F6N6O19PS3. The molecule has 1 aliphatic carbocycles. The van der Waals surface area contributed by atoms with E-state index in [-0.39, 0.29) is 58.3 Å². The summed E-state index contributed by atoms with van der Waals surface area (Å²) in [4.78, 5) is 88.3. The second kappa shape index (κ2) is 39.0. The number of nitrogens with one attached hydrogen (secondary N) is 2. The van der Waals surface area contributed by atoms with Crippen LogP contribution in [0.4, 0.5) is 43.4 Å². The number of halogens is 10. The predicted octanol–water partition coefficient (Wildman–Crippen LogP) is 11.4. The number of hydrogen-bond donors (Lipinski definition) is 4. The van der Waals surface area contributed by atoms with Gasteiger partial charge in [-0.15, -0.1) is 11.6 Å². The number of fused-ring (bicyclic) bond motifs is 1. The van der Waals surface area contributed by atoms with E-state index in [0.29, 0.717) is 66.1 Å². The highest BCUT2D eigenvalue weighted by Crippen LogP contribution is 2.43. The van der Waals surface area contributed by atoms with Gasteiger partial charge in [-0.3, -0.25) is 39.4 Å². The molecule has 556 valence electrons. The summed E-state index contributed by atoms with van der Waals surface area (Å²) < 4.78 is 155. The van der Waals surface area contributed by atoms with Crippen LogP contribution in [0.25, 0.3) is 0 Å². The van der Waals surface area contributed by atoms with Gasteiger partial charge in [-0.1, -0.05) is 77.2 Å². The molecule has 39 heteroatoms. The van der Waals surface area contributed by atoms with E-state index in [9.17, 15) is 86.7 Å². The molecule has 0 bridgehead atoms. The molecule has 1 fully saturated rings. The topological polar surface area (TPSA) is 362 Å². The van der Waals surface area contributed by atoms with Crippen molar-refractivity contribution < 1.29 is 110 Å². The Labute approximate surface area is 600 Å². The third-order valence-corrected chi connectivity index (χ3v) is 16.4. The number of para-hydroxylation sites is 3. The van der Waals surface area contributed by atoms with Gasteiger partial charge in [-0.25, -0.2) is 21.6 Å². The number of aliphatic carboxylic acids is 1. The summed E-state index contributed by atoms with van der Waals surface area (Å²) in [5.41, 5.74) is 0.217. The average Bonchev–Trinajstić information content (AvgIpc) is 1.77. The zero-order valence-electron chi connectivity index (χ0n) is 55.4. The van der Waals surface area contributed by atoms with E-state index in [2.05, 4.69) is 36.9 Å². The molecule has 2 aliphatic rings. The molecule has 101 heavy (non-hydrogen) atoms. The van der Waals surface area contributed by atoms with Gasteiger partial charge in [0, 0.05) is 37.0 Å². The van der Waals surface area contributed by atoms with Gasteiger partial charge in [0.05, 0.1) is 106 Å². The molecule has 6 aromatic rings. The first kappa shape index (κ1) is 88.1. The first-order valence-electron chi connectivity index (χ1n) is 29.2. The number of sulfonamides is 1. The normalized spacial score (nSPS) is 14.3. The summed E-state index contributed by atoms with van der Waals surface area (Å²) in [5.74, 6) is -2.92. The zero-order valence-corrected chi connectivity index (χ0v) is 61.7. The molecule has 2 heterocycles. The fourth-order valence-electron chi connectivity index (χ4n) is 8.79. The van der Waals surface area contributed by atoms with E-state index in [1.807, 2.05) is 62.5 Å². The monoisotopic (exact) mass is 1580 g/mol. The molecule has 1 aromatic heterocycles. The summed E-state index contributed by atoms with van der Waals surface area (Å²) in [6.07, 6.45) is 1.67. The number of benzene rings is 5. The maximum atomic E-state index is 12.8. The number of aryl methyl sites for hydroxylation is 2. The predicted molar refractivity (Wildman–Crippen MR) is 368 cm³/mol. The van der Waals surface area contributed by atoms with Crippen molar-refractivity contribution in [2.75, 3.05) is 80.1 Å². The number of methoxy groups -OCH3 is 1. The molecular weight excluding hydrogens is 1520 g/mol. The van der Waals surface area contributed by atoms with Gasteiger partial charge >= 0.3 is 18.3 Å². The second-order valence-electron chi connectivity index (χ2n) is 22.2. The van der Waals surface area contributed by atoms with E-state index < -0.39 is 112 Å². The number of hydrogen-bond acceptors (Lipinski definition) is 19. The van der Waals surface area contributed by atoms with E-state index in [1.165, 1.54) is 6.20 Å². The first-order valence-corrected chi connectivity index (χ1v) is 39.0. The summed E-state index contributed by atoms with van der Waals surface area (Å²) in [6.45, 7) is 8.42. The van der Waals surface area contributed by atoms with Gasteiger partial charge in [0.25, 0.3) is 17.5 Å². The lowest BCUT2D eigenvalue weighted by Crippen LogP contribution is -2.47. The van der Waals surface area contributed by atoms with Crippen LogP contribution in [0, 0.1) is 17.0 Å². The Kier molecular flexibility index (Phi) is 34.0. The SMILES string of the molecule is CC1COc2ccccc2N1C(=O)C(Cl)Cl.CCc1cccc(C)c1N(C(=O)CCl)C(C)COC.CS(=O)(=O)NC(=O)c1cc(Oc2ccc(C(F)(F)F)cc2Cl)ccc1[N+](=O)[O-].CS(=O)(=O)c1cc(C(F)(F)F)ccc1C(=O)c1cnoc1C1CC1.C[S+](C)C.O=C(O)CNCP(=O)([O-])O. The Morgan fingerprint density at radius 2 is 1.50 bits per heavy atom. The summed E-state index contributed by atoms with van der Waals surface area (Å²) >= 11 is 22.8. The Morgan fingerprint density at radius 1 is 0.901 bits per heavy atom. The molecule has 5 aromatic carbocycles. The van der Waals surface area contributed by atoms with Crippen molar-refractivity contribution in [3.8, 4) is 17.2 Å². The highest BCUT2D eigenvalue weighted by Gasteiger charge is 2.38. The maximum absolute atomic E-state index is 12.8. The van der Waals surface area contributed by atoms with Crippen LogP contribution >= 0.6 is 54.0 Å². The number of nitrogens with zero attached hydrogens (tertiary/aromatic N) is 4. The minimum absolute atomic E-state index is 0.0223. The molecule has 1 aliphatic heterocycles. The van der Waals surface area contributed by atoms with E-state index in [4.69, 9.17) is 75.1 Å². The number of ether oxygens (including phenoxy) is 3. The quantitative estimate of drug-likeness (QED) is 0.0105. The van der Waals surface area contributed by atoms with Crippen LogP contribution in [0.2, 0.25) is 5.02 Å². The molecule has 8 rings (SSSR count). The Hall–Kier alpha value is -7.08. The maximum Gasteiger partial charge on any atom is 0.416 e. The number of rotatable bonds is 20. The lowest BCUT2D eigenvalue weighted by atomic mass is 10.0. The molecule has 3 amide bonds. The van der Waals surface area contributed by atoms with E-state index in [0.717, 1.165) is 78.4 Å². The zero-order chi connectivity index (χ0) is 76.9. The van der Waals surface area contributed by atoms with Crippen molar-refractivity contribution in [2.45, 2.75) is 87.0 Å². The van der Waals surface area contributed by atoms with Gasteiger partial charge in [0.1, 0.15) is 42.9 Å². The molecule has 4 N–H and O–H groups in total. The number of nitro groups is 1. The van der Waals surface area contributed by atoms with Crippen LogP contribution < -0.4 is 34.2 Å². The number of anilines is 2. The van der Waals surface area contributed by atoms with Crippen molar-refractivity contribution in [1.82, 2.24) is 15.2 Å². The molecule has 0 saturated heterocycles. The molecule has 25 nitrogen and oxygen atoms in total. The van der Waals surface area contributed by atoms with E-state index >= 15 is 0 Å². The minimum atomic E-state index is -4.71. The van der Waals surface area contributed by atoms with Crippen LogP contribution in [0.5, 0.6) is 17.2 Å². The Balaban J connectivity index is 0.000000334. The third kappa shape index (κ3) is 28.6. The molecule has 0 spiro atoms. The number of alkyl halides is 9. The number of aromatic nitrogens is 1. The fraction of sp³-hybridized carbons (Fsp3) is 0.387. The van der Waals surface area contributed by atoms with Crippen LogP contribution in [0.15, 0.2) is 113 Å². The Bertz CT molecular complexity index is 4170. The second-order valence-corrected chi connectivity index (χ2v) is 31.7. The van der Waals surface area contributed by atoms with Crippen molar-refractivity contribution in [3.05, 3.63) is 163 Å². The third-order valence-electron chi connectivity index (χ3n) is 13.2. The lowest BCUT2D eigenvalue weighted by Gasteiger charge is -2.35. The number of carboxylic acids is 1. The van der Waals surface area contributed by atoms with Gasteiger partial charge in [0.2, 0.25) is 15.9 Å². The first-order chi connectivity index (χ1) is 46.7. The number of amides is 3. The smallest absolute Gasteiger partial charge is 0.416 e. The number of carboxylic acid groups (broad SMARTS) is 1.